The Labute approximate surface area is 95.5 Å². The maximum absolute atomic E-state index is 13.4. The fourth-order valence-corrected chi connectivity index (χ4v) is 1.38. The summed E-state index contributed by atoms with van der Waals surface area (Å²) >= 11 is 0. The van der Waals surface area contributed by atoms with Gasteiger partial charge in [0, 0.05) is 6.07 Å². The summed E-state index contributed by atoms with van der Waals surface area (Å²) in [6.07, 6.45) is 0. The molecule has 0 aliphatic carbocycles. The topological polar surface area (TPSA) is 81.5 Å². The van der Waals surface area contributed by atoms with Gasteiger partial charge in [0.2, 0.25) is 0 Å². The molecule has 0 unspecified atom stereocenters. The number of benzene rings is 1. The van der Waals surface area contributed by atoms with Crippen LogP contribution in [0.15, 0.2) is 18.2 Å². The average Bonchev–Trinajstić information content (AvgIpc) is 2.22. The minimum atomic E-state index is -0.906. The first kappa shape index (κ1) is 11.5. The van der Waals surface area contributed by atoms with Gasteiger partial charge in [-0.25, -0.2) is 4.39 Å². The predicted molar refractivity (Wildman–Crippen MR) is 55.1 cm³/mol. The number of amides is 1. The van der Waals surface area contributed by atoms with Gasteiger partial charge in [-0.1, -0.05) is 0 Å². The van der Waals surface area contributed by atoms with Crippen LogP contribution in [0, 0.1) is 15.9 Å². The van der Waals surface area contributed by atoms with Gasteiger partial charge < -0.3 is 10.1 Å². The van der Waals surface area contributed by atoms with Crippen molar-refractivity contribution in [2.24, 2.45) is 0 Å². The molecule has 2 rings (SSSR count). The van der Waals surface area contributed by atoms with Crippen molar-refractivity contribution < 1.29 is 18.8 Å². The third-order valence-electron chi connectivity index (χ3n) is 2.38. The molecule has 17 heavy (non-hydrogen) atoms. The van der Waals surface area contributed by atoms with Gasteiger partial charge in [0.05, 0.1) is 35.8 Å². The standard InChI is InChI=1S/C10H9FN2O4/c11-9-3-7(13(15)16)1-2-8(9)10(14)12-6-4-17-5-6/h1-3,6H,4-5H2,(H,12,14). The van der Waals surface area contributed by atoms with Gasteiger partial charge in [-0.2, -0.15) is 0 Å². The van der Waals surface area contributed by atoms with Crippen LogP contribution in [0.2, 0.25) is 0 Å². The zero-order valence-corrected chi connectivity index (χ0v) is 8.68. The molecule has 1 heterocycles. The highest BCUT2D eigenvalue weighted by molar-refractivity contribution is 5.94. The average molecular weight is 240 g/mol. The van der Waals surface area contributed by atoms with Crippen LogP contribution in [-0.2, 0) is 4.74 Å². The molecule has 0 saturated carbocycles. The highest BCUT2D eigenvalue weighted by atomic mass is 19.1. The molecule has 90 valence electrons. The summed E-state index contributed by atoms with van der Waals surface area (Å²) in [7, 11) is 0. The van der Waals surface area contributed by atoms with Crippen molar-refractivity contribution in [1.29, 1.82) is 0 Å². The highest BCUT2D eigenvalue weighted by Crippen LogP contribution is 2.16. The summed E-state index contributed by atoms with van der Waals surface area (Å²) in [5, 5.41) is 12.9. The number of ether oxygens (including phenoxy) is 1. The lowest BCUT2D eigenvalue weighted by Crippen LogP contribution is -2.48. The molecule has 1 N–H and O–H groups in total. The number of carbonyl (C=O) groups is 1. The Morgan fingerprint density at radius 2 is 2.24 bits per heavy atom. The normalized spacial score (nSPS) is 15.1. The number of halogens is 1. The first-order chi connectivity index (χ1) is 8.08. The van der Waals surface area contributed by atoms with E-state index in [0.717, 1.165) is 18.2 Å². The van der Waals surface area contributed by atoms with Crippen LogP contribution in [0.4, 0.5) is 10.1 Å². The summed E-state index contributed by atoms with van der Waals surface area (Å²) in [5.74, 6) is -1.50. The van der Waals surface area contributed by atoms with Crippen molar-refractivity contribution >= 4 is 11.6 Å². The molecular formula is C10H9FN2O4. The molecule has 0 radical (unpaired) electrons. The molecule has 1 saturated heterocycles. The Hall–Kier alpha value is -2.02. The van der Waals surface area contributed by atoms with E-state index in [4.69, 9.17) is 4.74 Å². The van der Waals surface area contributed by atoms with Gasteiger partial charge in [-0.05, 0) is 6.07 Å². The van der Waals surface area contributed by atoms with Gasteiger partial charge in [0.25, 0.3) is 11.6 Å². The van der Waals surface area contributed by atoms with Crippen molar-refractivity contribution in [3.63, 3.8) is 0 Å². The molecule has 7 heteroatoms. The molecule has 0 atom stereocenters. The lowest BCUT2D eigenvalue weighted by atomic mass is 10.1. The zero-order chi connectivity index (χ0) is 12.4. The maximum Gasteiger partial charge on any atom is 0.272 e. The number of nitro benzene ring substituents is 1. The summed E-state index contributed by atoms with van der Waals surface area (Å²) in [6.45, 7) is 0.806. The SMILES string of the molecule is O=C(NC1COC1)c1ccc([N+](=O)[O-])cc1F. The van der Waals surface area contributed by atoms with E-state index in [-0.39, 0.29) is 17.3 Å². The Morgan fingerprint density at radius 3 is 2.71 bits per heavy atom. The van der Waals surface area contributed by atoms with Crippen molar-refractivity contribution in [3.05, 3.63) is 39.7 Å². The second-order valence-electron chi connectivity index (χ2n) is 3.63. The van der Waals surface area contributed by atoms with Crippen molar-refractivity contribution in [3.8, 4) is 0 Å². The van der Waals surface area contributed by atoms with E-state index in [1.54, 1.807) is 0 Å². The fraction of sp³-hybridized carbons (Fsp3) is 0.300. The number of nitro groups is 1. The predicted octanol–water partition coefficient (Wildman–Crippen LogP) is 0.862. The first-order valence-electron chi connectivity index (χ1n) is 4.90. The quantitative estimate of drug-likeness (QED) is 0.627. The van der Waals surface area contributed by atoms with E-state index >= 15 is 0 Å². The summed E-state index contributed by atoms with van der Waals surface area (Å²) < 4.78 is 18.3. The number of hydrogen-bond acceptors (Lipinski definition) is 4. The Kier molecular flexibility index (Phi) is 3.01. The van der Waals surface area contributed by atoms with Crippen LogP contribution >= 0.6 is 0 Å². The molecule has 0 aromatic heterocycles. The summed E-state index contributed by atoms with van der Waals surface area (Å²) in [6, 6.07) is 2.81. The number of nitrogens with one attached hydrogen (secondary N) is 1. The fourth-order valence-electron chi connectivity index (χ4n) is 1.38. The smallest absolute Gasteiger partial charge is 0.272 e. The highest BCUT2D eigenvalue weighted by Gasteiger charge is 2.23. The van der Waals surface area contributed by atoms with Gasteiger partial charge >= 0.3 is 0 Å². The molecule has 6 nitrogen and oxygen atoms in total. The Morgan fingerprint density at radius 1 is 1.53 bits per heavy atom. The van der Waals surface area contributed by atoms with Gasteiger partial charge in [-0.3, -0.25) is 14.9 Å². The molecule has 0 bridgehead atoms. The monoisotopic (exact) mass is 240 g/mol. The second-order valence-corrected chi connectivity index (χ2v) is 3.63. The molecule has 1 aromatic rings. The minimum absolute atomic E-state index is 0.114. The van der Waals surface area contributed by atoms with E-state index in [1.807, 2.05) is 0 Å². The van der Waals surface area contributed by atoms with Crippen LogP contribution in [-0.4, -0.2) is 30.1 Å². The number of hydrogen-bond donors (Lipinski definition) is 1. The molecule has 1 aromatic carbocycles. The van der Waals surface area contributed by atoms with Crippen LogP contribution in [0.5, 0.6) is 0 Å². The van der Waals surface area contributed by atoms with E-state index in [0.29, 0.717) is 13.2 Å². The number of non-ortho nitro benzene ring substituents is 1. The number of carbonyl (C=O) groups excluding carboxylic acids is 1. The second kappa shape index (κ2) is 4.46. The molecule has 1 aliphatic heterocycles. The first-order valence-corrected chi connectivity index (χ1v) is 4.90. The van der Waals surface area contributed by atoms with E-state index in [9.17, 15) is 19.3 Å². The molecule has 1 amide bonds. The lowest BCUT2D eigenvalue weighted by molar-refractivity contribution is -0.385. The molecule has 0 spiro atoms. The van der Waals surface area contributed by atoms with E-state index < -0.39 is 16.6 Å². The third-order valence-corrected chi connectivity index (χ3v) is 2.38. The molecule has 1 fully saturated rings. The number of rotatable bonds is 3. The van der Waals surface area contributed by atoms with Crippen LogP contribution in [0.1, 0.15) is 10.4 Å². The van der Waals surface area contributed by atoms with E-state index in [2.05, 4.69) is 5.32 Å². The third kappa shape index (κ3) is 2.39. The largest absolute Gasteiger partial charge is 0.377 e. The molecule has 1 aliphatic rings. The van der Waals surface area contributed by atoms with E-state index in [1.165, 1.54) is 0 Å². The van der Waals surface area contributed by atoms with Crippen molar-refractivity contribution in [2.75, 3.05) is 13.2 Å². The van der Waals surface area contributed by atoms with Crippen LogP contribution < -0.4 is 5.32 Å². The summed E-state index contributed by atoms with van der Waals surface area (Å²) in [5.41, 5.74) is -0.589. The van der Waals surface area contributed by atoms with Crippen LogP contribution in [0.3, 0.4) is 0 Å². The Balaban J connectivity index is 2.14. The molecular weight excluding hydrogens is 231 g/mol. The zero-order valence-electron chi connectivity index (χ0n) is 8.68. The maximum atomic E-state index is 13.4. The van der Waals surface area contributed by atoms with Crippen molar-refractivity contribution in [1.82, 2.24) is 5.32 Å². The van der Waals surface area contributed by atoms with Crippen LogP contribution in [0.25, 0.3) is 0 Å². The Bertz CT molecular complexity index is 473. The lowest BCUT2D eigenvalue weighted by Gasteiger charge is -2.26. The van der Waals surface area contributed by atoms with Gasteiger partial charge in [-0.15, -0.1) is 0 Å². The van der Waals surface area contributed by atoms with Crippen molar-refractivity contribution in [2.45, 2.75) is 6.04 Å². The minimum Gasteiger partial charge on any atom is -0.377 e. The van der Waals surface area contributed by atoms with Gasteiger partial charge in [0.1, 0.15) is 5.82 Å². The number of nitrogens with zero attached hydrogens (tertiary/aromatic N) is 1. The summed E-state index contributed by atoms with van der Waals surface area (Å²) in [4.78, 5) is 21.2. The van der Waals surface area contributed by atoms with Gasteiger partial charge in [0.15, 0.2) is 0 Å².